The smallest absolute Gasteiger partial charge is 0.393 e. The average molecular weight is 376 g/mol. The molecule has 10 heteroatoms. The fraction of sp³-hybridized carbons (Fsp3) is 0.786. The summed E-state index contributed by atoms with van der Waals surface area (Å²) in [4.78, 5) is 3.27. The lowest BCUT2D eigenvalue weighted by Gasteiger charge is -2.17. The second-order valence-corrected chi connectivity index (χ2v) is 6.80. The zero-order valence-corrected chi connectivity index (χ0v) is 14.6. The Bertz CT molecular complexity index is 562. The lowest BCUT2D eigenvalue weighted by Crippen LogP contribution is -2.36. The molecule has 0 aliphatic heterocycles. The third kappa shape index (κ3) is 8.09. The van der Waals surface area contributed by atoms with Crippen molar-refractivity contribution in [2.24, 2.45) is 7.05 Å². The molecular formula is C14H24F4N2O3S. The molecule has 1 rings (SSSR count). The van der Waals surface area contributed by atoms with Crippen molar-refractivity contribution in [2.45, 2.75) is 63.5 Å². The van der Waals surface area contributed by atoms with E-state index in [-0.39, 0.29) is 0 Å². The van der Waals surface area contributed by atoms with Crippen LogP contribution in [-0.4, -0.2) is 29.6 Å². The molecule has 0 fully saturated rings. The van der Waals surface area contributed by atoms with Gasteiger partial charge in [0.1, 0.15) is 12.4 Å². The number of aromatic nitrogens is 2. The Morgan fingerprint density at radius 3 is 2.12 bits per heavy atom. The standard InChI is InChI=1S/C12H22N2.C2H2F4O3S/c1-3-4-5-6-7-8-9-12-13-10-11-14(12)2;3-1(4)2(5,6)10(7,8)9/h10-11H,3-9H2,1-2H3;1H,(H,7,8,9). The van der Waals surface area contributed by atoms with Gasteiger partial charge in [-0.25, -0.2) is 26.7 Å². The highest BCUT2D eigenvalue weighted by molar-refractivity contribution is 7.86. The molecule has 0 unspecified atom stereocenters. The van der Waals surface area contributed by atoms with E-state index in [9.17, 15) is 30.5 Å². The monoisotopic (exact) mass is 376 g/mol. The summed E-state index contributed by atoms with van der Waals surface area (Å²) in [7, 11) is -4.13. The SMILES string of the molecule is CCCCCCCCc1[nH]cc[n+]1C.O=S(=O)([O-])C(F)(F)C(F)F. The number of imidazole rings is 1. The van der Waals surface area contributed by atoms with Crippen LogP contribution < -0.4 is 4.57 Å². The molecule has 1 heterocycles. The van der Waals surface area contributed by atoms with E-state index in [1.165, 1.54) is 50.8 Å². The van der Waals surface area contributed by atoms with Crippen LogP contribution in [0.1, 0.15) is 51.3 Å². The summed E-state index contributed by atoms with van der Waals surface area (Å²) in [6.45, 7) is 2.26. The zero-order valence-electron chi connectivity index (χ0n) is 13.8. The van der Waals surface area contributed by atoms with E-state index >= 15 is 0 Å². The average Bonchev–Trinajstić information content (AvgIpc) is 2.87. The maximum Gasteiger partial charge on any atom is 0.393 e. The molecule has 0 aliphatic carbocycles. The number of halogens is 4. The molecule has 1 N–H and O–H groups in total. The second kappa shape index (κ2) is 10.7. The summed E-state index contributed by atoms with van der Waals surface area (Å²) in [5, 5.41) is -5.48. The maximum atomic E-state index is 11.4. The highest BCUT2D eigenvalue weighted by atomic mass is 32.2. The molecular weight excluding hydrogens is 352 g/mol. The van der Waals surface area contributed by atoms with E-state index in [1.54, 1.807) is 0 Å². The number of aromatic amines is 1. The van der Waals surface area contributed by atoms with Crippen LogP contribution in [0.25, 0.3) is 0 Å². The number of rotatable bonds is 9. The fourth-order valence-electron chi connectivity index (χ4n) is 1.87. The van der Waals surface area contributed by atoms with Crippen molar-refractivity contribution in [3.8, 4) is 0 Å². The summed E-state index contributed by atoms with van der Waals surface area (Å²) in [6.07, 6.45) is 9.04. The van der Waals surface area contributed by atoms with Crippen LogP contribution in [0, 0.1) is 0 Å². The fourth-order valence-corrected chi connectivity index (χ4v) is 2.09. The van der Waals surface area contributed by atoms with Gasteiger partial charge in [0.25, 0.3) is 5.82 Å². The lowest BCUT2D eigenvalue weighted by molar-refractivity contribution is -0.677. The molecule has 1 aromatic heterocycles. The number of hydrogen-bond acceptors (Lipinski definition) is 3. The van der Waals surface area contributed by atoms with Gasteiger partial charge >= 0.3 is 11.7 Å². The van der Waals surface area contributed by atoms with Gasteiger partial charge in [0.05, 0.1) is 7.05 Å². The van der Waals surface area contributed by atoms with E-state index in [0.717, 1.165) is 0 Å². The molecule has 0 atom stereocenters. The van der Waals surface area contributed by atoms with E-state index < -0.39 is 21.8 Å². The predicted octanol–water partition coefficient (Wildman–Crippen LogP) is 3.13. The third-order valence-electron chi connectivity index (χ3n) is 3.33. The normalized spacial score (nSPS) is 12.2. The number of unbranched alkanes of at least 4 members (excludes halogenated alkanes) is 5. The van der Waals surface area contributed by atoms with Gasteiger partial charge in [-0.15, -0.1) is 0 Å². The molecule has 0 bridgehead atoms. The molecule has 0 spiro atoms. The van der Waals surface area contributed by atoms with Gasteiger partial charge in [0.15, 0.2) is 10.1 Å². The van der Waals surface area contributed by atoms with Crippen LogP contribution in [0.5, 0.6) is 0 Å². The van der Waals surface area contributed by atoms with Crippen molar-refractivity contribution in [3.05, 3.63) is 18.2 Å². The van der Waals surface area contributed by atoms with Crippen molar-refractivity contribution in [3.63, 3.8) is 0 Å². The number of nitrogens with one attached hydrogen (secondary N) is 1. The molecule has 1 aromatic rings. The van der Waals surface area contributed by atoms with Gasteiger partial charge in [-0.2, -0.15) is 8.78 Å². The van der Waals surface area contributed by atoms with Crippen LogP contribution in [0.3, 0.4) is 0 Å². The van der Waals surface area contributed by atoms with Gasteiger partial charge in [-0.1, -0.05) is 39.0 Å². The van der Waals surface area contributed by atoms with Crippen LogP contribution in [-0.2, 0) is 23.6 Å². The largest absolute Gasteiger partial charge is 0.743 e. The van der Waals surface area contributed by atoms with E-state index in [4.69, 9.17) is 0 Å². The Balaban J connectivity index is 0.000000470. The van der Waals surface area contributed by atoms with Crippen LogP contribution >= 0.6 is 0 Å². The van der Waals surface area contributed by atoms with E-state index in [1.807, 2.05) is 6.20 Å². The first-order valence-electron chi connectivity index (χ1n) is 7.67. The molecule has 0 aliphatic rings. The predicted molar refractivity (Wildman–Crippen MR) is 79.7 cm³/mol. The summed E-state index contributed by atoms with van der Waals surface area (Å²) in [5.41, 5.74) is 0. The van der Waals surface area contributed by atoms with E-state index in [2.05, 4.69) is 29.7 Å². The highest BCUT2D eigenvalue weighted by Crippen LogP contribution is 2.27. The Kier molecular flexibility index (Phi) is 10.1. The van der Waals surface area contributed by atoms with Gasteiger partial charge in [0.2, 0.25) is 0 Å². The maximum absolute atomic E-state index is 11.4. The van der Waals surface area contributed by atoms with Crippen molar-refractivity contribution in [1.82, 2.24) is 4.98 Å². The van der Waals surface area contributed by atoms with Gasteiger partial charge in [-0.3, -0.25) is 0 Å². The molecule has 0 saturated heterocycles. The van der Waals surface area contributed by atoms with Crippen molar-refractivity contribution in [1.29, 1.82) is 0 Å². The first-order chi connectivity index (χ1) is 11.0. The molecule has 0 amide bonds. The Morgan fingerprint density at radius 1 is 1.21 bits per heavy atom. The van der Waals surface area contributed by atoms with Crippen LogP contribution in [0.15, 0.2) is 12.4 Å². The second-order valence-electron chi connectivity index (χ2n) is 5.35. The van der Waals surface area contributed by atoms with Crippen molar-refractivity contribution in [2.75, 3.05) is 0 Å². The minimum atomic E-state index is -6.23. The first-order valence-corrected chi connectivity index (χ1v) is 9.08. The van der Waals surface area contributed by atoms with E-state index in [0.29, 0.717) is 0 Å². The molecule has 0 saturated carbocycles. The van der Waals surface area contributed by atoms with Crippen LogP contribution in [0.4, 0.5) is 17.6 Å². The number of aryl methyl sites for hydroxylation is 2. The summed E-state index contributed by atoms with van der Waals surface area (Å²) < 4.78 is 74.9. The quantitative estimate of drug-likeness (QED) is 0.311. The molecule has 0 aromatic carbocycles. The highest BCUT2D eigenvalue weighted by Gasteiger charge is 2.48. The van der Waals surface area contributed by atoms with Crippen molar-refractivity contribution >= 4 is 10.1 Å². The minimum Gasteiger partial charge on any atom is -0.743 e. The Hall–Kier alpha value is -1.16. The van der Waals surface area contributed by atoms with Gasteiger partial charge in [0, 0.05) is 6.42 Å². The molecule has 142 valence electrons. The Labute approximate surface area is 139 Å². The minimum absolute atomic E-state index is 1.19. The van der Waals surface area contributed by atoms with Gasteiger partial charge in [-0.05, 0) is 6.42 Å². The topological polar surface area (TPSA) is 76.9 Å². The summed E-state index contributed by atoms with van der Waals surface area (Å²) in [6, 6.07) is 0. The first kappa shape index (κ1) is 22.8. The number of hydrogen-bond donors (Lipinski definition) is 1. The summed E-state index contributed by atoms with van der Waals surface area (Å²) in [5.74, 6) is 1.35. The van der Waals surface area contributed by atoms with Crippen LogP contribution in [0.2, 0.25) is 0 Å². The molecule has 24 heavy (non-hydrogen) atoms. The third-order valence-corrected chi connectivity index (χ3v) is 4.17. The Morgan fingerprint density at radius 2 is 1.75 bits per heavy atom. The van der Waals surface area contributed by atoms with Crippen molar-refractivity contribution < 1.29 is 35.1 Å². The number of alkyl halides is 4. The number of nitrogens with zero attached hydrogens (tertiary/aromatic N) is 1. The lowest BCUT2D eigenvalue weighted by atomic mass is 10.1. The molecule has 0 radical (unpaired) electrons. The molecule has 5 nitrogen and oxygen atoms in total. The summed E-state index contributed by atoms with van der Waals surface area (Å²) >= 11 is 0. The van der Waals surface area contributed by atoms with Gasteiger partial charge < -0.3 is 4.55 Å². The number of H-pyrrole nitrogens is 1. The zero-order chi connectivity index (χ0) is 18.8.